The smallest absolute Gasteiger partial charge is 0.320 e. The summed E-state index contributed by atoms with van der Waals surface area (Å²) in [5, 5.41) is 0. The lowest BCUT2D eigenvalue weighted by Crippen LogP contribution is -2.59. The van der Waals surface area contributed by atoms with Crippen LogP contribution in [0.4, 0.5) is 4.79 Å². The molecule has 1 atom stereocenters. The van der Waals surface area contributed by atoms with Crippen molar-refractivity contribution in [3.63, 3.8) is 0 Å². The van der Waals surface area contributed by atoms with E-state index in [0.717, 1.165) is 0 Å². The number of urea groups is 1. The molecule has 1 fully saturated rings. The highest BCUT2D eigenvalue weighted by Gasteiger charge is 2.33. The van der Waals surface area contributed by atoms with Crippen molar-refractivity contribution in [2.45, 2.75) is 39.7 Å². The maximum absolute atomic E-state index is 12.3. The number of carbonyl (C=O) groups excluding carboxylic acids is 2. The van der Waals surface area contributed by atoms with Crippen LogP contribution in [0.3, 0.4) is 0 Å². The van der Waals surface area contributed by atoms with Gasteiger partial charge in [0.05, 0.1) is 5.54 Å². The van der Waals surface area contributed by atoms with E-state index in [1.54, 1.807) is 16.7 Å². The molecule has 3 amide bonds. The molecule has 0 radical (unpaired) electrons. The molecule has 0 saturated carbocycles. The predicted molar refractivity (Wildman–Crippen MR) is 79.4 cm³/mol. The van der Waals surface area contributed by atoms with Crippen LogP contribution in [0.2, 0.25) is 0 Å². The van der Waals surface area contributed by atoms with Gasteiger partial charge in [-0.15, -0.1) is 0 Å². The summed E-state index contributed by atoms with van der Waals surface area (Å²) in [5.41, 5.74) is 5.20. The molecule has 1 unspecified atom stereocenters. The summed E-state index contributed by atoms with van der Waals surface area (Å²) in [7, 11) is 0. The lowest BCUT2D eigenvalue weighted by atomic mass is 9.98. The van der Waals surface area contributed by atoms with Gasteiger partial charge in [-0.25, -0.2) is 4.79 Å². The first-order valence-corrected chi connectivity index (χ1v) is 7.49. The third kappa shape index (κ3) is 3.62. The molecular weight excluding hydrogens is 256 g/mol. The monoisotopic (exact) mass is 284 g/mol. The van der Waals surface area contributed by atoms with Crippen LogP contribution in [0.25, 0.3) is 0 Å². The number of rotatable bonds is 4. The normalized spacial score (nSPS) is 18.6. The van der Waals surface area contributed by atoms with E-state index in [9.17, 15) is 9.59 Å². The van der Waals surface area contributed by atoms with Crippen LogP contribution in [0.15, 0.2) is 0 Å². The van der Waals surface area contributed by atoms with Gasteiger partial charge in [-0.2, -0.15) is 0 Å². The molecule has 1 heterocycles. The maximum Gasteiger partial charge on any atom is 0.320 e. The Bertz CT molecular complexity index is 345. The molecule has 0 aromatic heterocycles. The second-order valence-electron chi connectivity index (χ2n) is 5.51. The van der Waals surface area contributed by atoms with Crippen LogP contribution in [-0.2, 0) is 4.79 Å². The standard InChI is InChI=1S/C14H28N4O2/c1-5-14(4,15)12(19)17-8-10-18(11-9-17)13(20)16(6-2)7-3/h5-11,15H2,1-4H3. The Hall–Kier alpha value is -1.30. The lowest BCUT2D eigenvalue weighted by Gasteiger charge is -2.39. The quantitative estimate of drug-likeness (QED) is 0.827. The maximum atomic E-state index is 12.3. The van der Waals surface area contributed by atoms with E-state index in [-0.39, 0.29) is 11.9 Å². The summed E-state index contributed by atoms with van der Waals surface area (Å²) in [6.45, 7) is 11.4. The third-order valence-corrected chi connectivity index (χ3v) is 4.09. The fourth-order valence-corrected chi connectivity index (χ4v) is 2.31. The molecule has 0 spiro atoms. The minimum Gasteiger partial charge on any atom is -0.338 e. The first kappa shape index (κ1) is 16.8. The van der Waals surface area contributed by atoms with Crippen LogP contribution in [0, 0.1) is 0 Å². The summed E-state index contributed by atoms with van der Waals surface area (Å²) in [5.74, 6) is -0.0186. The predicted octanol–water partition coefficient (Wildman–Crippen LogP) is 0.720. The van der Waals surface area contributed by atoms with Gasteiger partial charge < -0.3 is 20.4 Å². The van der Waals surface area contributed by atoms with Gasteiger partial charge in [0.1, 0.15) is 0 Å². The van der Waals surface area contributed by atoms with Crippen LogP contribution < -0.4 is 5.73 Å². The first-order valence-electron chi connectivity index (χ1n) is 7.49. The topological polar surface area (TPSA) is 69.9 Å². The van der Waals surface area contributed by atoms with E-state index in [0.29, 0.717) is 45.7 Å². The molecule has 116 valence electrons. The Morgan fingerprint density at radius 3 is 1.90 bits per heavy atom. The minimum absolute atomic E-state index is 0.0186. The summed E-state index contributed by atoms with van der Waals surface area (Å²) in [4.78, 5) is 29.9. The fraction of sp³-hybridized carbons (Fsp3) is 0.857. The highest BCUT2D eigenvalue weighted by molar-refractivity contribution is 5.86. The Kier molecular flexibility index (Phi) is 5.80. The van der Waals surface area contributed by atoms with Crippen LogP contribution in [-0.4, -0.2) is 71.4 Å². The van der Waals surface area contributed by atoms with Gasteiger partial charge in [0, 0.05) is 39.3 Å². The SMILES string of the molecule is CCN(CC)C(=O)N1CCN(C(=O)C(C)(N)CC)CC1. The Morgan fingerprint density at radius 2 is 1.50 bits per heavy atom. The van der Waals surface area contributed by atoms with Gasteiger partial charge >= 0.3 is 6.03 Å². The Balaban J connectivity index is 2.56. The number of carbonyl (C=O) groups is 2. The van der Waals surface area contributed by atoms with Gasteiger partial charge in [-0.05, 0) is 27.2 Å². The average molecular weight is 284 g/mol. The second kappa shape index (κ2) is 6.92. The minimum atomic E-state index is -0.801. The van der Waals surface area contributed by atoms with Crippen molar-refractivity contribution in [2.24, 2.45) is 5.73 Å². The molecule has 20 heavy (non-hydrogen) atoms. The summed E-state index contributed by atoms with van der Waals surface area (Å²) in [6, 6.07) is 0.0631. The van der Waals surface area contributed by atoms with E-state index in [1.165, 1.54) is 0 Å². The van der Waals surface area contributed by atoms with Crippen molar-refractivity contribution in [3.8, 4) is 0 Å². The third-order valence-electron chi connectivity index (χ3n) is 4.09. The van der Waals surface area contributed by atoms with Crippen molar-refractivity contribution in [1.82, 2.24) is 14.7 Å². The molecule has 2 N–H and O–H groups in total. The highest BCUT2D eigenvalue weighted by Crippen LogP contribution is 2.13. The zero-order valence-corrected chi connectivity index (χ0v) is 13.2. The van der Waals surface area contributed by atoms with Gasteiger partial charge in [0.25, 0.3) is 0 Å². The number of hydrogen-bond acceptors (Lipinski definition) is 3. The van der Waals surface area contributed by atoms with Gasteiger partial charge in [0.2, 0.25) is 5.91 Å². The molecule has 6 nitrogen and oxygen atoms in total. The number of amides is 3. The molecule has 6 heteroatoms. The Labute approximate surface area is 121 Å². The van der Waals surface area contributed by atoms with E-state index in [1.807, 2.05) is 25.7 Å². The molecule has 1 saturated heterocycles. The summed E-state index contributed by atoms with van der Waals surface area (Å²) < 4.78 is 0. The largest absolute Gasteiger partial charge is 0.338 e. The van der Waals surface area contributed by atoms with E-state index >= 15 is 0 Å². The summed E-state index contributed by atoms with van der Waals surface area (Å²) >= 11 is 0. The van der Waals surface area contributed by atoms with Crippen molar-refractivity contribution < 1.29 is 9.59 Å². The zero-order valence-electron chi connectivity index (χ0n) is 13.2. The number of nitrogens with two attached hydrogens (primary N) is 1. The summed E-state index contributed by atoms with van der Waals surface area (Å²) in [6.07, 6.45) is 0.616. The molecule has 1 rings (SSSR count). The van der Waals surface area contributed by atoms with Gasteiger partial charge in [-0.3, -0.25) is 4.79 Å². The molecule has 0 aromatic carbocycles. The van der Waals surface area contributed by atoms with E-state index < -0.39 is 5.54 Å². The molecule has 1 aliphatic heterocycles. The van der Waals surface area contributed by atoms with Crippen molar-refractivity contribution in [1.29, 1.82) is 0 Å². The lowest BCUT2D eigenvalue weighted by molar-refractivity contribution is -0.138. The van der Waals surface area contributed by atoms with Crippen LogP contribution in [0.5, 0.6) is 0 Å². The van der Waals surface area contributed by atoms with Crippen molar-refractivity contribution in [2.75, 3.05) is 39.3 Å². The van der Waals surface area contributed by atoms with E-state index in [4.69, 9.17) is 5.73 Å². The number of nitrogens with zero attached hydrogens (tertiary/aromatic N) is 3. The van der Waals surface area contributed by atoms with Gasteiger partial charge in [0.15, 0.2) is 0 Å². The number of hydrogen-bond donors (Lipinski definition) is 1. The zero-order chi connectivity index (χ0) is 15.3. The van der Waals surface area contributed by atoms with Crippen LogP contribution >= 0.6 is 0 Å². The molecule has 0 aromatic rings. The van der Waals surface area contributed by atoms with E-state index in [2.05, 4.69) is 0 Å². The van der Waals surface area contributed by atoms with Crippen molar-refractivity contribution in [3.05, 3.63) is 0 Å². The highest BCUT2D eigenvalue weighted by atomic mass is 16.2. The average Bonchev–Trinajstić information content (AvgIpc) is 2.47. The molecule has 0 bridgehead atoms. The molecular formula is C14H28N4O2. The van der Waals surface area contributed by atoms with Crippen LogP contribution in [0.1, 0.15) is 34.1 Å². The van der Waals surface area contributed by atoms with Gasteiger partial charge in [-0.1, -0.05) is 6.92 Å². The second-order valence-corrected chi connectivity index (χ2v) is 5.51. The molecule has 1 aliphatic rings. The first-order chi connectivity index (χ1) is 9.37. The van der Waals surface area contributed by atoms with Crippen molar-refractivity contribution >= 4 is 11.9 Å². The fourth-order valence-electron chi connectivity index (χ4n) is 2.31. The molecule has 0 aliphatic carbocycles. The number of piperazine rings is 1. The Morgan fingerprint density at radius 1 is 1.05 bits per heavy atom.